The third-order valence-corrected chi connectivity index (χ3v) is 2.94. The van der Waals surface area contributed by atoms with Crippen LogP contribution in [0.25, 0.3) is 0 Å². The SMILES string of the molecule is CC1CC(C)CC(F)(C(C)(F)F)C1. The molecule has 0 radical (unpaired) electrons. The summed E-state index contributed by atoms with van der Waals surface area (Å²) in [5, 5.41) is 0. The molecule has 1 aliphatic carbocycles. The van der Waals surface area contributed by atoms with Crippen molar-refractivity contribution in [3.8, 4) is 0 Å². The molecule has 0 saturated heterocycles. The molecule has 1 saturated carbocycles. The van der Waals surface area contributed by atoms with E-state index in [0.29, 0.717) is 6.92 Å². The Morgan fingerprint density at radius 2 is 1.54 bits per heavy atom. The zero-order valence-electron chi connectivity index (χ0n) is 8.41. The minimum Gasteiger partial charge on any atom is -0.237 e. The lowest BCUT2D eigenvalue weighted by Gasteiger charge is -2.40. The molecule has 2 atom stereocenters. The van der Waals surface area contributed by atoms with E-state index in [1.165, 1.54) is 0 Å². The average Bonchev–Trinajstić information content (AvgIpc) is 1.79. The van der Waals surface area contributed by atoms with Crippen LogP contribution in [0, 0.1) is 11.8 Å². The second-order valence-electron chi connectivity index (χ2n) is 4.71. The van der Waals surface area contributed by atoms with E-state index >= 15 is 0 Å². The molecule has 0 aliphatic heterocycles. The molecule has 0 amide bonds. The van der Waals surface area contributed by atoms with Gasteiger partial charge < -0.3 is 0 Å². The van der Waals surface area contributed by atoms with E-state index in [2.05, 4.69) is 0 Å². The van der Waals surface area contributed by atoms with Gasteiger partial charge in [0.25, 0.3) is 5.92 Å². The predicted molar refractivity (Wildman–Crippen MR) is 46.6 cm³/mol. The maximum Gasteiger partial charge on any atom is 0.278 e. The van der Waals surface area contributed by atoms with E-state index < -0.39 is 11.6 Å². The van der Waals surface area contributed by atoms with Gasteiger partial charge in [0.05, 0.1) is 0 Å². The topological polar surface area (TPSA) is 0 Å². The highest BCUT2D eigenvalue weighted by molar-refractivity contribution is 4.96. The molecule has 1 fully saturated rings. The molecule has 0 nitrogen and oxygen atoms in total. The van der Waals surface area contributed by atoms with Crippen LogP contribution in [0.3, 0.4) is 0 Å². The van der Waals surface area contributed by atoms with Gasteiger partial charge in [-0.1, -0.05) is 13.8 Å². The zero-order chi connectivity index (χ0) is 10.3. The fourth-order valence-corrected chi connectivity index (χ4v) is 2.40. The summed E-state index contributed by atoms with van der Waals surface area (Å²) in [5.74, 6) is -3.06. The highest BCUT2D eigenvalue weighted by Crippen LogP contribution is 2.47. The Morgan fingerprint density at radius 3 is 1.85 bits per heavy atom. The average molecular weight is 194 g/mol. The number of halogens is 3. The summed E-state index contributed by atoms with van der Waals surface area (Å²) in [4.78, 5) is 0. The third-order valence-electron chi connectivity index (χ3n) is 2.94. The van der Waals surface area contributed by atoms with Gasteiger partial charge in [-0.2, -0.15) is 0 Å². The molecule has 3 heteroatoms. The van der Waals surface area contributed by atoms with Gasteiger partial charge in [0.2, 0.25) is 0 Å². The van der Waals surface area contributed by atoms with Gasteiger partial charge in [0.1, 0.15) is 0 Å². The van der Waals surface area contributed by atoms with E-state index in [-0.39, 0.29) is 24.7 Å². The van der Waals surface area contributed by atoms with Crippen molar-refractivity contribution >= 4 is 0 Å². The first-order chi connectivity index (χ1) is 5.74. The predicted octanol–water partition coefficient (Wildman–Crippen LogP) is 3.81. The number of rotatable bonds is 1. The molecule has 2 unspecified atom stereocenters. The largest absolute Gasteiger partial charge is 0.278 e. The Bertz CT molecular complexity index is 173. The summed E-state index contributed by atoms with van der Waals surface area (Å²) in [6.07, 6.45) is 0.865. The van der Waals surface area contributed by atoms with Crippen LogP contribution in [0.5, 0.6) is 0 Å². The van der Waals surface area contributed by atoms with Crippen molar-refractivity contribution in [2.75, 3.05) is 0 Å². The smallest absolute Gasteiger partial charge is 0.237 e. The summed E-state index contributed by atoms with van der Waals surface area (Å²) in [6, 6.07) is 0. The number of alkyl halides is 3. The van der Waals surface area contributed by atoms with E-state index in [0.717, 1.165) is 6.42 Å². The van der Waals surface area contributed by atoms with Crippen LogP contribution in [0.1, 0.15) is 40.0 Å². The highest BCUT2D eigenvalue weighted by atomic mass is 19.3. The molecule has 0 bridgehead atoms. The second kappa shape index (κ2) is 3.18. The molecule has 1 aliphatic rings. The lowest BCUT2D eigenvalue weighted by atomic mass is 9.72. The summed E-state index contributed by atoms with van der Waals surface area (Å²) >= 11 is 0. The van der Waals surface area contributed by atoms with Gasteiger partial charge in [-0.15, -0.1) is 0 Å². The van der Waals surface area contributed by atoms with Crippen molar-refractivity contribution in [3.05, 3.63) is 0 Å². The summed E-state index contributed by atoms with van der Waals surface area (Å²) in [6.45, 7) is 4.38. The Labute approximate surface area is 77.5 Å². The van der Waals surface area contributed by atoms with E-state index in [4.69, 9.17) is 0 Å². The summed E-state index contributed by atoms with van der Waals surface area (Å²) < 4.78 is 39.8. The van der Waals surface area contributed by atoms with Gasteiger partial charge in [-0.3, -0.25) is 0 Å². The quantitative estimate of drug-likeness (QED) is 0.595. The standard InChI is InChI=1S/C10H17F3/c1-7-4-8(2)6-10(13,5-7)9(3,11)12/h7-8H,4-6H2,1-3H3. The van der Waals surface area contributed by atoms with Gasteiger partial charge in [-0.25, -0.2) is 13.2 Å². The molecule has 0 aromatic carbocycles. The van der Waals surface area contributed by atoms with Crippen molar-refractivity contribution in [2.45, 2.75) is 51.6 Å². The van der Waals surface area contributed by atoms with Gasteiger partial charge in [-0.05, 0) is 31.1 Å². The first-order valence-electron chi connectivity index (χ1n) is 4.81. The molecular weight excluding hydrogens is 177 g/mol. The molecule has 0 spiro atoms. The maximum absolute atomic E-state index is 13.8. The minimum absolute atomic E-state index is 0.000833. The van der Waals surface area contributed by atoms with Gasteiger partial charge in [0, 0.05) is 6.92 Å². The zero-order valence-corrected chi connectivity index (χ0v) is 8.41. The molecule has 1 rings (SSSR count). The Morgan fingerprint density at radius 1 is 1.15 bits per heavy atom. The Balaban J connectivity index is 2.78. The molecule has 0 aromatic rings. The Hall–Kier alpha value is -0.210. The van der Waals surface area contributed by atoms with E-state index in [1.54, 1.807) is 0 Å². The lowest BCUT2D eigenvalue weighted by molar-refractivity contribution is -0.154. The van der Waals surface area contributed by atoms with Crippen molar-refractivity contribution in [1.29, 1.82) is 0 Å². The molecule has 0 aromatic heterocycles. The van der Waals surface area contributed by atoms with Crippen LogP contribution in [0.2, 0.25) is 0 Å². The summed E-state index contributed by atoms with van der Waals surface area (Å²) in [5.41, 5.74) is -2.27. The molecule has 0 N–H and O–H groups in total. The lowest BCUT2D eigenvalue weighted by Crippen LogP contribution is -2.47. The normalized spacial score (nSPS) is 42.0. The van der Waals surface area contributed by atoms with Crippen LogP contribution in [-0.2, 0) is 0 Å². The van der Waals surface area contributed by atoms with E-state index in [1.807, 2.05) is 13.8 Å². The van der Waals surface area contributed by atoms with Crippen molar-refractivity contribution < 1.29 is 13.2 Å². The van der Waals surface area contributed by atoms with Crippen LogP contribution in [0.15, 0.2) is 0 Å². The summed E-state index contributed by atoms with van der Waals surface area (Å²) in [7, 11) is 0. The third kappa shape index (κ3) is 2.18. The van der Waals surface area contributed by atoms with Crippen molar-refractivity contribution in [3.63, 3.8) is 0 Å². The molecular formula is C10H17F3. The maximum atomic E-state index is 13.8. The minimum atomic E-state index is -3.20. The number of hydrogen-bond acceptors (Lipinski definition) is 0. The highest BCUT2D eigenvalue weighted by Gasteiger charge is 2.53. The fourth-order valence-electron chi connectivity index (χ4n) is 2.40. The van der Waals surface area contributed by atoms with Crippen LogP contribution >= 0.6 is 0 Å². The van der Waals surface area contributed by atoms with E-state index in [9.17, 15) is 13.2 Å². The molecule has 78 valence electrons. The monoisotopic (exact) mass is 194 g/mol. The van der Waals surface area contributed by atoms with Gasteiger partial charge in [0.15, 0.2) is 5.67 Å². The van der Waals surface area contributed by atoms with Crippen LogP contribution in [0.4, 0.5) is 13.2 Å². The Kier molecular flexibility index (Phi) is 2.65. The van der Waals surface area contributed by atoms with Crippen molar-refractivity contribution in [2.24, 2.45) is 11.8 Å². The molecule has 0 heterocycles. The van der Waals surface area contributed by atoms with Crippen LogP contribution < -0.4 is 0 Å². The molecule has 13 heavy (non-hydrogen) atoms. The van der Waals surface area contributed by atoms with Crippen molar-refractivity contribution in [1.82, 2.24) is 0 Å². The number of hydrogen-bond donors (Lipinski definition) is 0. The van der Waals surface area contributed by atoms with Crippen LogP contribution in [-0.4, -0.2) is 11.6 Å². The second-order valence-corrected chi connectivity index (χ2v) is 4.71. The first kappa shape index (κ1) is 10.9. The van der Waals surface area contributed by atoms with Gasteiger partial charge >= 0.3 is 0 Å². The first-order valence-corrected chi connectivity index (χ1v) is 4.81. The fraction of sp³-hybridized carbons (Fsp3) is 1.00.